The Balaban J connectivity index is 2.14. The van der Waals surface area contributed by atoms with Gasteiger partial charge in [0.2, 0.25) is 5.95 Å². The van der Waals surface area contributed by atoms with Gasteiger partial charge in [-0.3, -0.25) is 0 Å². The number of hydrogen-bond acceptors (Lipinski definition) is 4. The van der Waals surface area contributed by atoms with Crippen molar-refractivity contribution < 1.29 is 0 Å². The van der Waals surface area contributed by atoms with E-state index in [1.165, 1.54) is 0 Å². The summed E-state index contributed by atoms with van der Waals surface area (Å²) in [6, 6.07) is 0.246. The molecule has 16 heavy (non-hydrogen) atoms. The third-order valence-electron chi connectivity index (χ3n) is 3.20. The van der Waals surface area contributed by atoms with Crippen molar-refractivity contribution in [2.45, 2.75) is 26.3 Å². The Labute approximate surface area is 101 Å². The monoisotopic (exact) mass is 240 g/mol. The van der Waals surface area contributed by atoms with Crippen LogP contribution in [0.15, 0.2) is 12.4 Å². The van der Waals surface area contributed by atoms with Gasteiger partial charge in [-0.15, -0.1) is 0 Å². The lowest BCUT2D eigenvalue weighted by atomic mass is 9.80. The van der Waals surface area contributed by atoms with Gasteiger partial charge >= 0.3 is 0 Å². The Morgan fingerprint density at radius 2 is 2.06 bits per heavy atom. The molecule has 0 aromatic carbocycles. The van der Waals surface area contributed by atoms with Gasteiger partial charge in [-0.25, -0.2) is 9.97 Å². The van der Waals surface area contributed by atoms with Gasteiger partial charge in [-0.05, 0) is 11.8 Å². The van der Waals surface area contributed by atoms with E-state index in [2.05, 4.69) is 28.7 Å². The highest BCUT2D eigenvalue weighted by atomic mass is 35.5. The lowest BCUT2D eigenvalue weighted by Crippen LogP contribution is -2.52. The molecule has 1 unspecified atom stereocenters. The number of nitrogens with zero attached hydrogens (tertiary/aromatic N) is 3. The molecular formula is C11H17ClN4. The van der Waals surface area contributed by atoms with Gasteiger partial charge < -0.3 is 10.6 Å². The molecule has 2 N–H and O–H groups in total. The first-order valence-electron chi connectivity index (χ1n) is 5.47. The molecule has 2 heterocycles. The molecule has 0 spiro atoms. The summed E-state index contributed by atoms with van der Waals surface area (Å²) < 4.78 is 0. The zero-order valence-electron chi connectivity index (χ0n) is 9.65. The van der Waals surface area contributed by atoms with E-state index in [1.807, 2.05) is 0 Å². The van der Waals surface area contributed by atoms with Gasteiger partial charge in [-0.1, -0.05) is 25.4 Å². The first-order chi connectivity index (χ1) is 7.49. The van der Waals surface area contributed by atoms with Crippen LogP contribution < -0.4 is 10.6 Å². The molecule has 0 amide bonds. The summed E-state index contributed by atoms with van der Waals surface area (Å²) in [5.74, 6) is 0.740. The number of anilines is 1. The van der Waals surface area contributed by atoms with Crippen molar-refractivity contribution in [1.82, 2.24) is 9.97 Å². The van der Waals surface area contributed by atoms with E-state index in [9.17, 15) is 0 Å². The van der Waals surface area contributed by atoms with Gasteiger partial charge in [0.1, 0.15) is 0 Å². The fourth-order valence-electron chi connectivity index (χ4n) is 2.01. The first-order valence-corrected chi connectivity index (χ1v) is 5.85. The third-order valence-corrected chi connectivity index (χ3v) is 3.40. The minimum atomic E-state index is 0.0985. The van der Waals surface area contributed by atoms with Crippen LogP contribution in [0, 0.1) is 5.41 Å². The molecule has 88 valence electrons. The number of hydrogen-bond donors (Lipinski definition) is 1. The lowest BCUT2D eigenvalue weighted by molar-refractivity contribution is 0.243. The molecule has 0 saturated carbocycles. The largest absolute Gasteiger partial charge is 0.340 e. The van der Waals surface area contributed by atoms with Crippen molar-refractivity contribution in [3.63, 3.8) is 0 Å². The molecule has 1 atom stereocenters. The summed E-state index contributed by atoms with van der Waals surface area (Å²) in [5, 5.41) is 0.566. The van der Waals surface area contributed by atoms with E-state index >= 15 is 0 Å². The highest BCUT2D eigenvalue weighted by Gasteiger charge is 2.34. The van der Waals surface area contributed by atoms with Crippen LogP contribution >= 0.6 is 11.6 Å². The standard InChI is InChI=1S/C11H17ClN4/c1-11(2)7-16(4-3-9(11)13)10-14-5-8(12)6-15-10/h5-6,9H,3-4,7,13H2,1-2H3. The number of nitrogens with two attached hydrogens (primary N) is 1. The van der Waals surface area contributed by atoms with E-state index < -0.39 is 0 Å². The molecule has 1 aliphatic rings. The van der Waals surface area contributed by atoms with E-state index in [4.69, 9.17) is 17.3 Å². The predicted molar refractivity (Wildman–Crippen MR) is 65.6 cm³/mol. The summed E-state index contributed by atoms with van der Waals surface area (Å²) in [6.07, 6.45) is 4.23. The molecule has 5 heteroatoms. The highest BCUT2D eigenvalue weighted by Crippen LogP contribution is 2.29. The summed E-state index contributed by atoms with van der Waals surface area (Å²) in [4.78, 5) is 10.6. The fourth-order valence-corrected chi connectivity index (χ4v) is 2.11. The van der Waals surface area contributed by atoms with Gasteiger partial charge in [0.05, 0.1) is 17.4 Å². The second-order valence-electron chi connectivity index (χ2n) is 5.01. The van der Waals surface area contributed by atoms with Gasteiger partial charge in [0.25, 0.3) is 0 Å². The quantitative estimate of drug-likeness (QED) is 0.812. The van der Waals surface area contributed by atoms with Gasteiger partial charge in [0.15, 0.2) is 0 Å². The minimum Gasteiger partial charge on any atom is -0.340 e. The number of aromatic nitrogens is 2. The van der Waals surface area contributed by atoms with Crippen LogP contribution in [0.5, 0.6) is 0 Å². The molecule has 0 bridgehead atoms. The average Bonchev–Trinajstić information content (AvgIpc) is 2.23. The second kappa shape index (κ2) is 4.18. The summed E-state index contributed by atoms with van der Waals surface area (Å²) in [5.41, 5.74) is 6.19. The van der Waals surface area contributed by atoms with Crippen molar-refractivity contribution in [1.29, 1.82) is 0 Å². The van der Waals surface area contributed by atoms with Crippen molar-refractivity contribution in [3.05, 3.63) is 17.4 Å². The van der Waals surface area contributed by atoms with Crippen LogP contribution in [0.2, 0.25) is 5.02 Å². The van der Waals surface area contributed by atoms with Crippen LogP contribution in [0.4, 0.5) is 5.95 Å². The minimum absolute atomic E-state index is 0.0985. The normalized spacial score (nSPS) is 24.5. The van der Waals surface area contributed by atoms with Crippen molar-refractivity contribution in [2.24, 2.45) is 11.1 Å². The Bertz CT molecular complexity index is 363. The van der Waals surface area contributed by atoms with Gasteiger partial charge in [-0.2, -0.15) is 0 Å². The van der Waals surface area contributed by atoms with E-state index in [1.54, 1.807) is 12.4 Å². The second-order valence-corrected chi connectivity index (χ2v) is 5.44. The van der Waals surface area contributed by atoms with Crippen LogP contribution in [0.3, 0.4) is 0 Å². The first kappa shape index (κ1) is 11.6. The molecule has 0 radical (unpaired) electrons. The smallest absolute Gasteiger partial charge is 0.225 e. The number of rotatable bonds is 1. The fraction of sp³-hybridized carbons (Fsp3) is 0.636. The van der Waals surface area contributed by atoms with Crippen LogP contribution in [-0.4, -0.2) is 29.1 Å². The Morgan fingerprint density at radius 1 is 1.44 bits per heavy atom. The Morgan fingerprint density at radius 3 is 2.62 bits per heavy atom. The van der Waals surface area contributed by atoms with Crippen molar-refractivity contribution >= 4 is 17.5 Å². The van der Waals surface area contributed by atoms with Crippen molar-refractivity contribution in [3.8, 4) is 0 Å². The van der Waals surface area contributed by atoms with Gasteiger partial charge in [0, 0.05) is 19.1 Å². The van der Waals surface area contributed by atoms with Crippen LogP contribution in [0.25, 0.3) is 0 Å². The Kier molecular flexibility index (Phi) is 3.04. The molecule has 4 nitrogen and oxygen atoms in total. The highest BCUT2D eigenvalue weighted by molar-refractivity contribution is 6.30. The maximum Gasteiger partial charge on any atom is 0.225 e. The zero-order chi connectivity index (χ0) is 11.8. The third kappa shape index (κ3) is 2.28. The van der Waals surface area contributed by atoms with Crippen LogP contribution in [0.1, 0.15) is 20.3 Å². The van der Waals surface area contributed by atoms with E-state index in [0.29, 0.717) is 5.02 Å². The number of halogens is 1. The maximum atomic E-state index is 6.09. The summed E-state index contributed by atoms with van der Waals surface area (Å²) >= 11 is 5.77. The van der Waals surface area contributed by atoms with E-state index in [-0.39, 0.29) is 11.5 Å². The lowest BCUT2D eigenvalue weighted by Gasteiger charge is -2.42. The summed E-state index contributed by atoms with van der Waals surface area (Å²) in [7, 11) is 0. The maximum absolute atomic E-state index is 6.09. The number of piperidine rings is 1. The average molecular weight is 241 g/mol. The Hall–Kier alpha value is -0.870. The molecule has 1 aromatic rings. The molecule has 2 rings (SSSR count). The molecule has 1 saturated heterocycles. The molecule has 1 aliphatic heterocycles. The zero-order valence-corrected chi connectivity index (χ0v) is 10.4. The molecule has 0 aliphatic carbocycles. The summed E-state index contributed by atoms with van der Waals surface area (Å²) in [6.45, 7) is 6.15. The molecule has 1 aromatic heterocycles. The molecule has 1 fully saturated rings. The topological polar surface area (TPSA) is 55.0 Å². The van der Waals surface area contributed by atoms with Crippen LogP contribution in [-0.2, 0) is 0 Å². The van der Waals surface area contributed by atoms with Crippen molar-refractivity contribution in [2.75, 3.05) is 18.0 Å². The SMILES string of the molecule is CC1(C)CN(c2ncc(Cl)cn2)CCC1N. The molecular weight excluding hydrogens is 224 g/mol. The predicted octanol–water partition coefficient (Wildman–Crippen LogP) is 1.69. The van der Waals surface area contributed by atoms with E-state index in [0.717, 1.165) is 25.5 Å².